The van der Waals surface area contributed by atoms with Crippen molar-refractivity contribution in [2.75, 3.05) is 0 Å². The van der Waals surface area contributed by atoms with Crippen molar-refractivity contribution >= 4 is 17.7 Å². The highest BCUT2D eigenvalue weighted by molar-refractivity contribution is 8.01. The molecule has 3 aliphatic rings. The molecule has 0 aromatic rings. The Bertz CT molecular complexity index is 454. The van der Waals surface area contributed by atoms with Crippen LogP contribution in [0, 0.1) is 11.8 Å². The highest BCUT2D eigenvalue weighted by Gasteiger charge is 2.44. The second kappa shape index (κ2) is 11.1. The Labute approximate surface area is 157 Å². The highest BCUT2D eigenvalue weighted by atomic mass is 32.2. The van der Waals surface area contributed by atoms with Crippen LogP contribution in [-0.2, 0) is 4.79 Å². The van der Waals surface area contributed by atoms with Crippen molar-refractivity contribution in [3.63, 3.8) is 0 Å². The zero-order chi connectivity index (χ0) is 18.1. The van der Waals surface area contributed by atoms with Crippen molar-refractivity contribution in [1.29, 1.82) is 0 Å². The number of aliphatic carboxylic acids is 1. The van der Waals surface area contributed by atoms with E-state index in [4.69, 9.17) is 5.11 Å². The van der Waals surface area contributed by atoms with Gasteiger partial charge in [-0.15, -0.1) is 0 Å². The molecule has 3 rings (SSSR count). The fraction of sp³-hybridized carbons (Fsp3) is 0.762. The SMILES string of the molecule is CCCCC[C@H](O)/C=C/C1C[C@@H]2C[C@@H](S2)[C@H]1C/C=C\CCCC(=O)O. The molecular weight excluding hydrogens is 332 g/mol. The van der Waals surface area contributed by atoms with Gasteiger partial charge in [-0.1, -0.05) is 50.5 Å². The van der Waals surface area contributed by atoms with E-state index in [-0.39, 0.29) is 12.5 Å². The Hall–Kier alpha value is -0.740. The number of fused-ring (bicyclic) bond motifs is 2. The second-order valence-electron chi connectivity index (χ2n) is 7.54. The molecule has 2 bridgehead atoms. The zero-order valence-corrected chi connectivity index (χ0v) is 16.3. The van der Waals surface area contributed by atoms with Gasteiger partial charge in [-0.05, 0) is 50.4 Å². The number of aliphatic hydroxyl groups is 1. The lowest BCUT2D eigenvalue weighted by Gasteiger charge is -2.49. The van der Waals surface area contributed by atoms with E-state index < -0.39 is 5.97 Å². The van der Waals surface area contributed by atoms with E-state index in [1.54, 1.807) is 0 Å². The number of carboxylic acids is 1. The quantitative estimate of drug-likeness (QED) is 0.368. The van der Waals surface area contributed by atoms with Crippen LogP contribution in [0.5, 0.6) is 0 Å². The van der Waals surface area contributed by atoms with Crippen LogP contribution < -0.4 is 0 Å². The number of carbonyl (C=O) groups is 1. The topological polar surface area (TPSA) is 57.5 Å². The van der Waals surface area contributed by atoms with Gasteiger partial charge in [0.2, 0.25) is 0 Å². The fourth-order valence-corrected chi connectivity index (χ4v) is 5.58. The Morgan fingerprint density at radius 1 is 1.24 bits per heavy atom. The average molecular weight is 367 g/mol. The maximum absolute atomic E-state index is 10.5. The molecule has 0 aromatic heterocycles. The maximum Gasteiger partial charge on any atom is 0.303 e. The van der Waals surface area contributed by atoms with Crippen LogP contribution in [0.1, 0.15) is 71.1 Å². The number of hydrogen-bond donors (Lipinski definition) is 2. The van der Waals surface area contributed by atoms with Gasteiger partial charge in [0, 0.05) is 16.9 Å². The van der Waals surface area contributed by atoms with E-state index in [0.717, 1.165) is 42.6 Å². The van der Waals surface area contributed by atoms with Crippen molar-refractivity contribution in [2.24, 2.45) is 11.8 Å². The third-order valence-corrected chi connectivity index (χ3v) is 7.11. The number of aliphatic hydroxyl groups excluding tert-OH is 1. The molecule has 2 saturated heterocycles. The minimum atomic E-state index is -0.708. The third kappa shape index (κ3) is 7.18. The molecule has 5 atom stereocenters. The Kier molecular flexibility index (Phi) is 9.11. The summed E-state index contributed by atoms with van der Waals surface area (Å²) in [6.45, 7) is 2.19. The van der Waals surface area contributed by atoms with Gasteiger partial charge >= 0.3 is 5.97 Å². The maximum atomic E-state index is 10.5. The minimum absolute atomic E-state index is 0.259. The predicted molar refractivity (Wildman–Crippen MR) is 106 cm³/mol. The fourth-order valence-electron chi connectivity index (χ4n) is 3.94. The summed E-state index contributed by atoms with van der Waals surface area (Å²) in [6, 6.07) is 0. The first-order valence-electron chi connectivity index (χ1n) is 9.98. The molecule has 0 amide bonds. The number of allylic oxidation sites excluding steroid dienone is 3. The van der Waals surface area contributed by atoms with Crippen LogP contribution in [0.4, 0.5) is 0 Å². The largest absolute Gasteiger partial charge is 0.481 e. The molecule has 0 spiro atoms. The molecule has 0 aromatic carbocycles. The van der Waals surface area contributed by atoms with Crippen LogP contribution in [0.15, 0.2) is 24.3 Å². The highest BCUT2D eigenvalue weighted by Crippen LogP contribution is 2.54. The number of rotatable bonds is 12. The van der Waals surface area contributed by atoms with E-state index >= 15 is 0 Å². The monoisotopic (exact) mass is 366 g/mol. The second-order valence-corrected chi connectivity index (χ2v) is 9.08. The molecule has 3 fully saturated rings. The molecule has 142 valence electrons. The summed E-state index contributed by atoms with van der Waals surface area (Å²) in [5.74, 6) is 0.555. The third-order valence-electron chi connectivity index (χ3n) is 5.45. The molecule has 2 aliphatic heterocycles. The first-order valence-corrected chi connectivity index (χ1v) is 10.9. The first kappa shape index (κ1) is 20.6. The molecule has 1 saturated carbocycles. The van der Waals surface area contributed by atoms with Crippen LogP contribution in [-0.4, -0.2) is 32.8 Å². The molecule has 1 aliphatic carbocycles. The Balaban J connectivity index is 1.76. The van der Waals surface area contributed by atoms with Gasteiger partial charge in [0.15, 0.2) is 0 Å². The summed E-state index contributed by atoms with van der Waals surface area (Å²) in [5, 5.41) is 20.4. The van der Waals surface area contributed by atoms with Gasteiger partial charge in [-0.3, -0.25) is 4.79 Å². The molecule has 0 radical (unpaired) electrons. The van der Waals surface area contributed by atoms with Crippen LogP contribution in [0.2, 0.25) is 0 Å². The van der Waals surface area contributed by atoms with Gasteiger partial charge < -0.3 is 10.2 Å². The lowest BCUT2D eigenvalue weighted by atomic mass is 9.75. The van der Waals surface area contributed by atoms with Gasteiger partial charge in [0.25, 0.3) is 0 Å². The van der Waals surface area contributed by atoms with Crippen LogP contribution in [0.3, 0.4) is 0 Å². The van der Waals surface area contributed by atoms with Gasteiger partial charge in [-0.2, -0.15) is 11.8 Å². The van der Waals surface area contributed by atoms with E-state index in [1.165, 1.54) is 25.7 Å². The van der Waals surface area contributed by atoms with E-state index in [2.05, 4.69) is 36.9 Å². The summed E-state index contributed by atoms with van der Waals surface area (Å²) in [5.41, 5.74) is 0. The van der Waals surface area contributed by atoms with Gasteiger partial charge in [0.05, 0.1) is 6.10 Å². The van der Waals surface area contributed by atoms with Crippen molar-refractivity contribution in [2.45, 2.75) is 87.7 Å². The van der Waals surface area contributed by atoms with E-state index in [1.807, 2.05) is 6.08 Å². The standard InChI is InChI=1S/C21H34O3S/c1-2-3-6-9-17(22)13-12-16-14-18-15-20(25-18)19(16)10-7-4-5-8-11-21(23)24/h4,7,12-13,16-20,22H,2-3,5-6,8-11,14-15H2,1H3,(H,23,24)/b7-4-,13-12+/t16?,17-,18+,19-,20+/m0/s1. The number of thioether (sulfide) groups is 1. The zero-order valence-electron chi connectivity index (χ0n) is 15.5. The van der Waals surface area contributed by atoms with Crippen molar-refractivity contribution in [3.05, 3.63) is 24.3 Å². The number of hydrogen-bond acceptors (Lipinski definition) is 3. The summed E-state index contributed by atoms with van der Waals surface area (Å²) in [6.07, 6.45) is 18.4. The predicted octanol–water partition coefficient (Wildman–Crippen LogP) is 5.20. The molecule has 1 unspecified atom stereocenters. The summed E-state index contributed by atoms with van der Waals surface area (Å²) in [4.78, 5) is 10.5. The normalized spacial score (nSPS) is 29.8. The van der Waals surface area contributed by atoms with Gasteiger partial charge in [0.1, 0.15) is 0 Å². The molecule has 3 nitrogen and oxygen atoms in total. The molecule has 25 heavy (non-hydrogen) atoms. The summed E-state index contributed by atoms with van der Waals surface area (Å²) in [7, 11) is 0. The van der Waals surface area contributed by atoms with Crippen molar-refractivity contribution in [3.8, 4) is 0 Å². The molecule has 2 heterocycles. The van der Waals surface area contributed by atoms with E-state index in [9.17, 15) is 9.90 Å². The first-order chi connectivity index (χ1) is 12.1. The van der Waals surface area contributed by atoms with Crippen molar-refractivity contribution in [1.82, 2.24) is 0 Å². The van der Waals surface area contributed by atoms with E-state index in [0.29, 0.717) is 11.8 Å². The average Bonchev–Trinajstić information content (AvgIpc) is 2.55. The minimum Gasteiger partial charge on any atom is -0.481 e. The lowest BCUT2D eigenvalue weighted by Crippen LogP contribution is -2.44. The Morgan fingerprint density at radius 2 is 2.04 bits per heavy atom. The number of unbranched alkanes of at least 4 members (excludes halogenated alkanes) is 3. The lowest BCUT2D eigenvalue weighted by molar-refractivity contribution is -0.137. The number of carboxylic acid groups (broad SMARTS) is 1. The van der Waals surface area contributed by atoms with Crippen molar-refractivity contribution < 1.29 is 15.0 Å². The molecule has 2 N–H and O–H groups in total. The van der Waals surface area contributed by atoms with Crippen LogP contribution in [0.25, 0.3) is 0 Å². The van der Waals surface area contributed by atoms with Crippen LogP contribution >= 0.6 is 11.8 Å². The Morgan fingerprint density at radius 3 is 2.76 bits per heavy atom. The summed E-state index contributed by atoms with van der Waals surface area (Å²) < 4.78 is 0. The molecular formula is C21H34O3S. The van der Waals surface area contributed by atoms with Gasteiger partial charge in [-0.25, -0.2) is 0 Å². The molecule has 4 heteroatoms. The summed E-state index contributed by atoms with van der Waals surface area (Å²) >= 11 is 2.14. The smallest absolute Gasteiger partial charge is 0.303 e.